The lowest BCUT2D eigenvalue weighted by Crippen LogP contribution is -2.31. The van der Waals surface area contributed by atoms with Crippen LogP contribution >= 0.6 is 0 Å². The van der Waals surface area contributed by atoms with Gasteiger partial charge in [-0.3, -0.25) is 0 Å². The van der Waals surface area contributed by atoms with Gasteiger partial charge in [-0.2, -0.15) is 0 Å². The first-order valence-corrected chi connectivity index (χ1v) is 5.73. The van der Waals surface area contributed by atoms with Crippen LogP contribution in [0.5, 0.6) is 0 Å². The minimum atomic E-state index is 0.352. The Hall–Kier alpha value is -0.800. The van der Waals surface area contributed by atoms with E-state index in [0.717, 1.165) is 31.8 Å². The smallest absolute Gasteiger partial charge is 0.120 e. The van der Waals surface area contributed by atoms with Crippen LogP contribution in [0.3, 0.4) is 0 Å². The monoisotopic (exact) mass is 210 g/mol. The van der Waals surface area contributed by atoms with Gasteiger partial charge >= 0.3 is 0 Å². The molecule has 0 aromatic carbocycles. The lowest BCUT2D eigenvalue weighted by molar-refractivity contribution is 0.327. The van der Waals surface area contributed by atoms with Crippen molar-refractivity contribution in [2.75, 3.05) is 26.7 Å². The summed E-state index contributed by atoms with van der Waals surface area (Å²) in [6.45, 7) is 7.52. The predicted molar refractivity (Wildman–Crippen MR) is 62.9 cm³/mol. The summed E-state index contributed by atoms with van der Waals surface area (Å²) in [4.78, 5) is 2.29. The minimum Gasteiger partial charge on any atom is -0.468 e. The van der Waals surface area contributed by atoms with Crippen LogP contribution in [0.4, 0.5) is 0 Å². The number of hydrogen-bond acceptors (Lipinski definition) is 3. The molecule has 86 valence electrons. The quantitative estimate of drug-likeness (QED) is 0.748. The van der Waals surface area contributed by atoms with Crippen LogP contribution < -0.4 is 5.32 Å². The van der Waals surface area contributed by atoms with Gasteiger partial charge < -0.3 is 14.6 Å². The second kappa shape index (κ2) is 6.64. The topological polar surface area (TPSA) is 28.4 Å². The van der Waals surface area contributed by atoms with Gasteiger partial charge in [-0.1, -0.05) is 13.8 Å². The normalized spacial score (nSPS) is 13.3. The number of furan rings is 1. The SMILES string of the molecule is CCC(NCCN(C)CC)c1ccco1. The zero-order valence-corrected chi connectivity index (χ0v) is 9.99. The molecule has 1 N–H and O–H groups in total. The standard InChI is InChI=1S/C12H22N2O/c1-4-11(12-7-6-10-15-12)13-8-9-14(3)5-2/h6-7,10-11,13H,4-5,8-9H2,1-3H3. The minimum absolute atomic E-state index is 0.352. The maximum absolute atomic E-state index is 5.39. The number of rotatable bonds is 7. The van der Waals surface area contributed by atoms with Gasteiger partial charge in [-0.05, 0) is 32.1 Å². The third-order valence-corrected chi connectivity index (χ3v) is 2.72. The fourth-order valence-corrected chi connectivity index (χ4v) is 1.52. The fraction of sp³-hybridized carbons (Fsp3) is 0.667. The van der Waals surface area contributed by atoms with E-state index in [0.29, 0.717) is 6.04 Å². The first kappa shape index (κ1) is 12.3. The largest absolute Gasteiger partial charge is 0.468 e. The molecule has 0 aliphatic rings. The molecule has 3 heteroatoms. The fourth-order valence-electron chi connectivity index (χ4n) is 1.52. The van der Waals surface area contributed by atoms with Gasteiger partial charge in [0, 0.05) is 13.1 Å². The van der Waals surface area contributed by atoms with E-state index in [1.165, 1.54) is 0 Å². The second-order valence-electron chi connectivity index (χ2n) is 3.83. The molecule has 3 nitrogen and oxygen atoms in total. The van der Waals surface area contributed by atoms with Crippen molar-refractivity contribution in [2.45, 2.75) is 26.3 Å². The molecule has 1 aromatic rings. The second-order valence-corrected chi connectivity index (χ2v) is 3.83. The molecular weight excluding hydrogens is 188 g/mol. The third-order valence-electron chi connectivity index (χ3n) is 2.72. The van der Waals surface area contributed by atoms with E-state index >= 15 is 0 Å². The summed E-state index contributed by atoms with van der Waals surface area (Å²) in [5.41, 5.74) is 0. The summed E-state index contributed by atoms with van der Waals surface area (Å²) in [5, 5.41) is 3.50. The number of nitrogens with zero attached hydrogens (tertiary/aromatic N) is 1. The van der Waals surface area contributed by atoms with Crippen molar-refractivity contribution in [3.05, 3.63) is 24.2 Å². The Morgan fingerprint density at radius 2 is 2.27 bits per heavy atom. The summed E-state index contributed by atoms with van der Waals surface area (Å²) in [6.07, 6.45) is 2.79. The molecule has 0 amide bonds. The Kier molecular flexibility index (Phi) is 5.43. The Balaban J connectivity index is 2.29. The van der Waals surface area contributed by atoms with Crippen LogP contribution in [0.1, 0.15) is 32.1 Å². The van der Waals surface area contributed by atoms with E-state index < -0.39 is 0 Å². The molecule has 0 spiro atoms. The van der Waals surface area contributed by atoms with Crippen molar-refractivity contribution < 1.29 is 4.42 Å². The number of nitrogens with one attached hydrogen (secondary N) is 1. The van der Waals surface area contributed by atoms with E-state index in [2.05, 4.69) is 31.1 Å². The summed E-state index contributed by atoms with van der Waals surface area (Å²) >= 11 is 0. The first-order chi connectivity index (χ1) is 7.27. The molecule has 0 saturated carbocycles. The van der Waals surface area contributed by atoms with Crippen molar-refractivity contribution in [2.24, 2.45) is 0 Å². The van der Waals surface area contributed by atoms with Crippen molar-refractivity contribution >= 4 is 0 Å². The Labute approximate surface area is 92.5 Å². The average molecular weight is 210 g/mol. The molecule has 0 saturated heterocycles. The summed E-state index contributed by atoms with van der Waals surface area (Å²) in [7, 11) is 2.13. The number of likely N-dealkylation sites (N-methyl/N-ethyl adjacent to an activating group) is 1. The molecule has 1 aromatic heterocycles. The lowest BCUT2D eigenvalue weighted by atomic mass is 10.2. The maximum Gasteiger partial charge on any atom is 0.120 e. The summed E-state index contributed by atoms with van der Waals surface area (Å²) in [5.74, 6) is 1.04. The van der Waals surface area contributed by atoms with Crippen LogP contribution in [-0.4, -0.2) is 31.6 Å². The first-order valence-electron chi connectivity index (χ1n) is 5.73. The maximum atomic E-state index is 5.39. The van der Waals surface area contributed by atoms with E-state index in [1.54, 1.807) is 6.26 Å². The Morgan fingerprint density at radius 1 is 1.47 bits per heavy atom. The van der Waals surface area contributed by atoms with Crippen LogP contribution in [-0.2, 0) is 0 Å². The predicted octanol–water partition coefficient (Wildman–Crippen LogP) is 2.27. The molecule has 15 heavy (non-hydrogen) atoms. The lowest BCUT2D eigenvalue weighted by Gasteiger charge is -2.18. The molecule has 0 aliphatic carbocycles. The van der Waals surface area contributed by atoms with Gasteiger partial charge in [0.2, 0.25) is 0 Å². The van der Waals surface area contributed by atoms with E-state index in [9.17, 15) is 0 Å². The van der Waals surface area contributed by atoms with Gasteiger partial charge in [-0.15, -0.1) is 0 Å². The molecular formula is C12H22N2O. The highest BCUT2D eigenvalue weighted by atomic mass is 16.3. The zero-order valence-electron chi connectivity index (χ0n) is 9.99. The van der Waals surface area contributed by atoms with Crippen molar-refractivity contribution in [1.29, 1.82) is 0 Å². The molecule has 0 aliphatic heterocycles. The third kappa shape index (κ3) is 4.06. The van der Waals surface area contributed by atoms with Gasteiger partial charge in [0.05, 0.1) is 12.3 Å². The van der Waals surface area contributed by atoms with E-state index in [4.69, 9.17) is 4.42 Å². The molecule has 1 unspecified atom stereocenters. The van der Waals surface area contributed by atoms with Crippen molar-refractivity contribution in [3.63, 3.8) is 0 Å². The van der Waals surface area contributed by atoms with Crippen molar-refractivity contribution in [3.8, 4) is 0 Å². The van der Waals surface area contributed by atoms with Crippen LogP contribution in [0, 0.1) is 0 Å². The number of hydrogen-bond donors (Lipinski definition) is 1. The highest BCUT2D eigenvalue weighted by molar-refractivity contribution is 5.03. The molecule has 1 rings (SSSR count). The molecule has 0 bridgehead atoms. The Morgan fingerprint density at radius 3 is 2.80 bits per heavy atom. The molecule has 0 fully saturated rings. The van der Waals surface area contributed by atoms with Gasteiger partial charge in [0.1, 0.15) is 5.76 Å². The van der Waals surface area contributed by atoms with Gasteiger partial charge in [0.15, 0.2) is 0 Å². The van der Waals surface area contributed by atoms with Crippen LogP contribution in [0.25, 0.3) is 0 Å². The van der Waals surface area contributed by atoms with E-state index in [1.807, 2.05) is 12.1 Å². The summed E-state index contributed by atoms with van der Waals surface area (Å²) < 4.78 is 5.39. The molecule has 1 heterocycles. The van der Waals surface area contributed by atoms with Crippen LogP contribution in [0.15, 0.2) is 22.8 Å². The highest BCUT2D eigenvalue weighted by Gasteiger charge is 2.10. The summed E-state index contributed by atoms with van der Waals surface area (Å²) in [6, 6.07) is 4.33. The van der Waals surface area contributed by atoms with Crippen molar-refractivity contribution in [1.82, 2.24) is 10.2 Å². The van der Waals surface area contributed by atoms with E-state index in [-0.39, 0.29) is 0 Å². The average Bonchev–Trinajstić information content (AvgIpc) is 2.77. The van der Waals surface area contributed by atoms with Gasteiger partial charge in [0.25, 0.3) is 0 Å². The van der Waals surface area contributed by atoms with Crippen LogP contribution in [0.2, 0.25) is 0 Å². The van der Waals surface area contributed by atoms with Gasteiger partial charge in [-0.25, -0.2) is 0 Å². The highest BCUT2D eigenvalue weighted by Crippen LogP contribution is 2.16. The molecule has 1 atom stereocenters. The zero-order chi connectivity index (χ0) is 11.1. The molecule has 0 radical (unpaired) electrons. The Bertz CT molecular complexity index is 246.